The Morgan fingerprint density at radius 1 is 1.28 bits per heavy atom. The lowest BCUT2D eigenvalue weighted by Crippen LogP contribution is -2.39. The topological polar surface area (TPSA) is 29.3 Å². The van der Waals surface area contributed by atoms with Crippen molar-refractivity contribution in [2.45, 2.75) is 32.9 Å². The molecule has 102 valence electrons. The third-order valence-electron chi connectivity index (χ3n) is 3.69. The van der Waals surface area contributed by atoms with Gasteiger partial charge in [-0.25, -0.2) is 0 Å². The van der Waals surface area contributed by atoms with Gasteiger partial charge in [-0.15, -0.1) is 0 Å². The summed E-state index contributed by atoms with van der Waals surface area (Å²) < 4.78 is 0. The average molecular weight is 266 g/mol. The van der Waals surface area contributed by atoms with Gasteiger partial charge in [-0.1, -0.05) is 18.2 Å². The van der Waals surface area contributed by atoms with Gasteiger partial charge in [-0.05, 0) is 50.8 Å². The van der Waals surface area contributed by atoms with Gasteiger partial charge in [0.15, 0.2) is 0 Å². The summed E-state index contributed by atoms with van der Waals surface area (Å²) in [6, 6.07) is 7.32. The maximum absolute atomic E-state index is 6.03. The number of hydrogen-bond acceptors (Lipinski definition) is 3. The summed E-state index contributed by atoms with van der Waals surface area (Å²) in [5.41, 5.74) is 10.1. The molecule has 0 aliphatic carbocycles. The van der Waals surface area contributed by atoms with Crippen molar-refractivity contribution in [2.24, 2.45) is 5.73 Å². The quantitative estimate of drug-likeness (QED) is 0.858. The Bertz CT molecular complexity index is 359. The van der Waals surface area contributed by atoms with Crippen molar-refractivity contribution in [1.82, 2.24) is 4.90 Å². The van der Waals surface area contributed by atoms with Gasteiger partial charge in [0.2, 0.25) is 0 Å². The Kier molecular flexibility index (Phi) is 6.19. The second-order valence-corrected chi connectivity index (χ2v) is 5.94. The number of nitrogens with two attached hydrogens (primary N) is 1. The first-order valence-electron chi connectivity index (χ1n) is 6.50. The van der Waals surface area contributed by atoms with Crippen LogP contribution in [-0.2, 0) is 0 Å². The molecule has 2 unspecified atom stereocenters. The lowest BCUT2D eigenvalue weighted by molar-refractivity contribution is 0.203. The van der Waals surface area contributed by atoms with E-state index >= 15 is 0 Å². The molecular formula is C15H26N2S. The van der Waals surface area contributed by atoms with E-state index in [0.717, 1.165) is 5.75 Å². The van der Waals surface area contributed by atoms with Crippen LogP contribution >= 0.6 is 11.8 Å². The van der Waals surface area contributed by atoms with Crippen LogP contribution in [0.3, 0.4) is 0 Å². The lowest BCUT2D eigenvalue weighted by atomic mass is 9.94. The van der Waals surface area contributed by atoms with Crippen LogP contribution in [0.1, 0.15) is 29.7 Å². The normalized spacial score (nSPS) is 14.8. The molecule has 1 aromatic carbocycles. The summed E-state index contributed by atoms with van der Waals surface area (Å²) in [5, 5.41) is 0. The lowest BCUT2D eigenvalue weighted by Gasteiger charge is -2.34. The molecule has 1 rings (SSSR count). The molecule has 2 N–H and O–H groups in total. The zero-order valence-electron chi connectivity index (χ0n) is 12.2. The minimum Gasteiger partial charge on any atom is -0.329 e. The molecule has 0 heterocycles. The zero-order valence-corrected chi connectivity index (χ0v) is 13.1. The molecule has 0 saturated heterocycles. The number of rotatable bonds is 6. The average Bonchev–Trinajstić information content (AvgIpc) is 2.33. The Balaban J connectivity index is 3.02. The van der Waals surface area contributed by atoms with E-state index in [1.165, 1.54) is 16.7 Å². The molecule has 0 radical (unpaired) electrons. The van der Waals surface area contributed by atoms with Crippen LogP contribution in [0.25, 0.3) is 0 Å². The molecule has 2 nitrogen and oxygen atoms in total. The third kappa shape index (κ3) is 3.50. The number of nitrogens with zero attached hydrogens (tertiary/aromatic N) is 1. The van der Waals surface area contributed by atoms with Crippen molar-refractivity contribution in [2.75, 3.05) is 25.6 Å². The van der Waals surface area contributed by atoms with Crippen molar-refractivity contribution in [3.05, 3.63) is 34.9 Å². The van der Waals surface area contributed by atoms with Gasteiger partial charge in [0.25, 0.3) is 0 Å². The SMILES string of the molecule is CSCC(C)N(C)C(CN)c1c(C)cccc1C. The van der Waals surface area contributed by atoms with Crippen LogP contribution in [0.2, 0.25) is 0 Å². The van der Waals surface area contributed by atoms with Crippen LogP contribution in [0.4, 0.5) is 0 Å². The first-order valence-corrected chi connectivity index (χ1v) is 7.89. The van der Waals surface area contributed by atoms with Crippen LogP contribution in [-0.4, -0.2) is 36.5 Å². The second kappa shape index (κ2) is 7.17. The van der Waals surface area contributed by atoms with Crippen LogP contribution in [0.15, 0.2) is 18.2 Å². The maximum atomic E-state index is 6.03. The molecule has 18 heavy (non-hydrogen) atoms. The van der Waals surface area contributed by atoms with Gasteiger partial charge in [0.05, 0.1) is 0 Å². The fourth-order valence-corrected chi connectivity index (χ4v) is 3.22. The first-order chi connectivity index (χ1) is 8.52. The minimum absolute atomic E-state index is 0.313. The van der Waals surface area contributed by atoms with E-state index in [0.29, 0.717) is 18.6 Å². The molecule has 0 fully saturated rings. The standard InChI is InChI=1S/C15H26N2S/c1-11-7-6-8-12(2)15(11)14(9-16)17(4)13(3)10-18-5/h6-8,13-14H,9-10,16H2,1-5H3. The van der Waals surface area contributed by atoms with Crippen molar-refractivity contribution in [3.8, 4) is 0 Å². The van der Waals surface area contributed by atoms with Crippen molar-refractivity contribution >= 4 is 11.8 Å². The van der Waals surface area contributed by atoms with E-state index in [9.17, 15) is 0 Å². The monoisotopic (exact) mass is 266 g/mol. The third-order valence-corrected chi connectivity index (χ3v) is 4.51. The summed E-state index contributed by atoms with van der Waals surface area (Å²) in [6.45, 7) is 7.30. The largest absolute Gasteiger partial charge is 0.329 e. The highest BCUT2D eigenvalue weighted by Gasteiger charge is 2.22. The number of likely N-dealkylation sites (N-methyl/N-ethyl adjacent to an activating group) is 1. The second-order valence-electron chi connectivity index (χ2n) is 5.03. The highest BCUT2D eigenvalue weighted by Crippen LogP contribution is 2.27. The number of thioether (sulfide) groups is 1. The molecule has 0 spiro atoms. The predicted octanol–water partition coefficient (Wildman–Crippen LogP) is 2.99. The smallest absolute Gasteiger partial charge is 0.0475 e. The summed E-state index contributed by atoms with van der Waals surface area (Å²) in [5.74, 6) is 1.14. The Labute approximate surface area is 116 Å². The molecule has 3 heteroatoms. The number of benzene rings is 1. The highest BCUT2D eigenvalue weighted by molar-refractivity contribution is 7.98. The molecule has 0 bridgehead atoms. The minimum atomic E-state index is 0.313. The van der Waals surface area contributed by atoms with Gasteiger partial charge in [0, 0.05) is 24.4 Å². The Morgan fingerprint density at radius 3 is 2.28 bits per heavy atom. The fraction of sp³-hybridized carbons (Fsp3) is 0.600. The van der Waals surface area contributed by atoms with E-state index in [2.05, 4.69) is 57.2 Å². The molecule has 0 saturated carbocycles. The van der Waals surface area contributed by atoms with Crippen LogP contribution in [0.5, 0.6) is 0 Å². The fourth-order valence-electron chi connectivity index (χ4n) is 2.51. The van der Waals surface area contributed by atoms with Crippen molar-refractivity contribution in [1.29, 1.82) is 0 Å². The molecule has 1 aromatic rings. The van der Waals surface area contributed by atoms with Gasteiger partial charge >= 0.3 is 0 Å². The van der Waals surface area contributed by atoms with Gasteiger partial charge in [-0.3, -0.25) is 4.90 Å². The van der Waals surface area contributed by atoms with Crippen LogP contribution in [0, 0.1) is 13.8 Å². The molecule has 0 amide bonds. The van der Waals surface area contributed by atoms with Crippen LogP contribution < -0.4 is 5.73 Å². The summed E-state index contributed by atoms with van der Waals surface area (Å²) >= 11 is 1.89. The van der Waals surface area contributed by atoms with Gasteiger partial charge < -0.3 is 5.73 Å². The molecule has 0 aromatic heterocycles. The van der Waals surface area contributed by atoms with Crippen molar-refractivity contribution in [3.63, 3.8) is 0 Å². The summed E-state index contributed by atoms with van der Waals surface area (Å²) in [6.07, 6.45) is 2.15. The molecular weight excluding hydrogens is 240 g/mol. The molecule has 2 atom stereocenters. The van der Waals surface area contributed by atoms with E-state index in [-0.39, 0.29) is 0 Å². The maximum Gasteiger partial charge on any atom is 0.0475 e. The first kappa shape index (κ1) is 15.5. The Morgan fingerprint density at radius 2 is 1.83 bits per heavy atom. The Hall–Kier alpha value is -0.510. The molecule has 0 aliphatic heterocycles. The predicted molar refractivity (Wildman–Crippen MR) is 83.3 cm³/mol. The number of hydrogen-bond donors (Lipinski definition) is 1. The zero-order chi connectivity index (χ0) is 13.7. The van der Waals surface area contributed by atoms with Gasteiger partial charge in [0.1, 0.15) is 0 Å². The summed E-state index contributed by atoms with van der Waals surface area (Å²) in [4.78, 5) is 2.41. The van der Waals surface area contributed by atoms with E-state index in [1.54, 1.807) is 0 Å². The van der Waals surface area contributed by atoms with Crippen molar-refractivity contribution < 1.29 is 0 Å². The number of aryl methyl sites for hydroxylation is 2. The van der Waals surface area contributed by atoms with E-state index < -0.39 is 0 Å². The van der Waals surface area contributed by atoms with E-state index in [1.807, 2.05) is 11.8 Å². The highest BCUT2D eigenvalue weighted by atomic mass is 32.2. The summed E-state index contributed by atoms with van der Waals surface area (Å²) in [7, 11) is 2.18. The van der Waals surface area contributed by atoms with Gasteiger partial charge in [-0.2, -0.15) is 11.8 Å². The molecule has 0 aliphatic rings. The van der Waals surface area contributed by atoms with E-state index in [4.69, 9.17) is 5.73 Å².